The van der Waals surface area contributed by atoms with E-state index in [1.807, 2.05) is 31.2 Å². The van der Waals surface area contributed by atoms with Crippen molar-refractivity contribution < 1.29 is 9.53 Å². The lowest BCUT2D eigenvalue weighted by Crippen LogP contribution is -2.20. The molecule has 4 nitrogen and oxygen atoms in total. The van der Waals surface area contributed by atoms with E-state index in [9.17, 15) is 10.1 Å². The number of hydrogen-bond acceptors (Lipinski definition) is 3. The van der Waals surface area contributed by atoms with Crippen LogP contribution in [0.4, 0.5) is 0 Å². The molecular formula is C18H15ClN2O2. The number of halogens is 1. The van der Waals surface area contributed by atoms with E-state index in [4.69, 9.17) is 22.1 Å². The maximum atomic E-state index is 10.7. The quantitative estimate of drug-likeness (QED) is 0.674. The fraction of sp³-hybridized carbons (Fsp3) is 0.111. The first-order valence-corrected chi connectivity index (χ1v) is 7.27. The van der Waals surface area contributed by atoms with E-state index in [1.165, 1.54) is 0 Å². The average Bonchev–Trinajstić information content (AvgIpc) is 2.52. The number of benzene rings is 2. The second-order valence-corrected chi connectivity index (χ2v) is 5.39. The van der Waals surface area contributed by atoms with Crippen molar-refractivity contribution in [1.29, 1.82) is 5.26 Å². The number of carbonyl (C=O) groups is 1. The van der Waals surface area contributed by atoms with Crippen molar-refractivity contribution in [2.24, 2.45) is 5.73 Å². The first-order chi connectivity index (χ1) is 11.0. The van der Waals surface area contributed by atoms with Gasteiger partial charge in [-0.3, -0.25) is 4.79 Å². The molecule has 0 spiro atoms. The highest BCUT2D eigenvalue weighted by atomic mass is 35.5. The summed E-state index contributed by atoms with van der Waals surface area (Å²) in [4.78, 5) is 10.7. The number of nitrogens with zero attached hydrogens (tertiary/aromatic N) is 1. The summed E-state index contributed by atoms with van der Waals surface area (Å²) in [5.41, 5.74) is 8.29. The molecule has 0 saturated heterocycles. The topological polar surface area (TPSA) is 76.1 Å². The Kier molecular flexibility index (Phi) is 5.40. The Morgan fingerprint density at radius 3 is 2.57 bits per heavy atom. The van der Waals surface area contributed by atoms with Gasteiger partial charge in [0.1, 0.15) is 5.75 Å². The van der Waals surface area contributed by atoms with Gasteiger partial charge in [0.05, 0.1) is 16.7 Å². The molecule has 2 N–H and O–H groups in total. The van der Waals surface area contributed by atoms with Gasteiger partial charge in [0.25, 0.3) is 5.91 Å². The molecule has 2 rings (SSSR count). The Morgan fingerprint density at radius 1 is 1.30 bits per heavy atom. The van der Waals surface area contributed by atoms with Crippen LogP contribution in [0.2, 0.25) is 5.02 Å². The molecule has 0 unspecified atom stereocenters. The van der Waals surface area contributed by atoms with Gasteiger partial charge in [-0.1, -0.05) is 47.5 Å². The first kappa shape index (κ1) is 16.6. The van der Waals surface area contributed by atoms with Gasteiger partial charge < -0.3 is 10.5 Å². The van der Waals surface area contributed by atoms with Crippen LogP contribution < -0.4 is 10.5 Å². The maximum Gasteiger partial charge on any atom is 0.255 e. The van der Waals surface area contributed by atoms with Crippen LogP contribution in [-0.2, 0) is 4.79 Å². The number of amides is 1. The second-order valence-electron chi connectivity index (χ2n) is 4.98. The molecule has 116 valence electrons. The predicted octanol–water partition coefficient (Wildman–Crippen LogP) is 3.58. The zero-order chi connectivity index (χ0) is 16.8. The summed E-state index contributed by atoms with van der Waals surface area (Å²) in [5, 5.41) is 9.70. The molecule has 0 aliphatic rings. The number of rotatable bonds is 5. The van der Waals surface area contributed by atoms with E-state index in [1.54, 1.807) is 24.3 Å². The Hall–Kier alpha value is -2.77. The zero-order valence-electron chi connectivity index (χ0n) is 12.5. The number of nitriles is 1. The van der Waals surface area contributed by atoms with E-state index >= 15 is 0 Å². The molecule has 0 aromatic heterocycles. The number of primary amides is 1. The molecule has 23 heavy (non-hydrogen) atoms. The number of nitrogens with two attached hydrogens (primary N) is 1. The molecule has 0 aliphatic heterocycles. The third-order valence-electron chi connectivity index (χ3n) is 3.12. The van der Waals surface area contributed by atoms with Gasteiger partial charge in [0, 0.05) is 0 Å². The van der Waals surface area contributed by atoms with E-state index < -0.39 is 5.91 Å². The van der Waals surface area contributed by atoms with Crippen LogP contribution in [-0.4, -0.2) is 12.5 Å². The lowest BCUT2D eigenvalue weighted by Gasteiger charge is -2.07. The van der Waals surface area contributed by atoms with Crippen LogP contribution in [0.25, 0.3) is 11.6 Å². The van der Waals surface area contributed by atoms with E-state index in [2.05, 4.69) is 6.07 Å². The molecule has 0 heterocycles. The minimum absolute atomic E-state index is 0.234. The Balaban J connectivity index is 2.27. The van der Waals surface area contributed by atoms with E-state index in [0.29, 0.717) is 16.3 Å². The molecule has 0 saturated carbocycles. The second kappa shape index (κ2) is 7.48. The summed E-state index contributed by atoms with van der Waals surface area (Å²) in [6.45, 7) is 1.76. The Labute approximate surface area is 139 Å². The summed E-state index contributed by atoms with van der Waals surface area (Å²) in [5.74, 6) is -0.201. The Morgan fingerprint density at radius 2 is 2.00 bits per heavy atom. The van der Waals surface area contributed by atoms with Crippen LogP contribution in [0.3, 0.4) is 0 Å². The van der Waals surface area contributed by atoms with Gasteiger partial charge in [-0.25, -0.2) is 0 Å². The SMILES string of the molecule is Cc1ccc(/C(C#N)=C/c2ccc(OCC(N)=O)c(Cl)c2)cc1. The third-order valence-corrected chi connectivity index (χ3v) is 3.42. The number of carbonyl (C=O) groups excluding carboxylic acids is 1. The summed E-state index contributed by atoms with van der Waals surface area (Å²) < 4.78 is 5.19. The van der Waals surface area contributed by atoms with Gasteiger partial charge in [0.2, 0.25) is 0 Å². The minimum Gasteiger partial charge on any atom is -0.482 e. The molecule has 5 heteroatoms. The molecular weight excluding hydrogens is 312 g/mol. The van der Waals surface area contributed by atoms with Gasteiger partial charge in [0.15, 0.2) is 6.61 Å². The zero-order valence-corrected chi connectivity index (χ0v) is 13.3. The molecule has 0 bridgehead atoms. The molecule has 2 aromatic rings. The monoisotopic (exact) mass is 326 g/mol. The maximum absolute atomic E-state index is 10.7. The van der Waals surface area contributed by atoms with Crippen LogP contribution in [0, 0.1) is 18.3 Å². The summed E-state index contributed by atoms with van der Waals surface area (Å²) in [7, 11) is 0. The summed E-state index contributed by atoms with van der Waals surface area (Å²) >= 11 is 6.12. The largest absolute Gasteiger partial charge is 0.482 e. The lowest BCUT2D eigenvalue weighted by molar-refractivity contribution is -0.119. The van der Waals surface area contributed by atoms with Crippen molar-refractivity contribution in [2.75, 3.05) is 6.61 Å². The Bertz CT molecular complexity index is 790. The number of hydrogen-bond donors (Lipinski definition) is 1. The number of ether oxygens (including phenoxy) is 1. The third kappa shape index (κ3) is 4.60. The molecule has 0 fully saturated rings. The predicted molar refractivity (Wildman–Crippen MR) is 90.8 cm³/mol. The van der Waals surface area contributed by atoms with E-state index in [0.717, 1.165) is 16.7 Å². The smallest absolute Gasteiger partial charge is 0.255 e. The normalized spacial score (nSPS) is 10.9. The van der Waals surface area contributed by atoms with Gasteiger partial charge in [-0.15, -0.1) is 0 Å². The standard InChI is InChI=1S/C18H15ClN2O2/c1-12-2-5-14(6-3-12)15(10-20)8-13-4-7-17(16(19)9-13)23-11-18(21)22/h2-9H,11H2,1H3,(H2,21,22)/b15-8+. The molecule has 1 amide bonds. The van der Waals surface area contributed by atoms with Crippen molar-refractivity contribution >= 4 is 29.2 Å². The summed E-state index contributed by atoms with van der Waals surface area (Å²) in [6.07, 6.45) is 1.74. The molecule has 0 radical (unpaired) electrons. The van der Waals surface area contributed by atoms with Crippen LogP contribution in [0.1, 0.15) is 16.7 Å². The molecule has 2 aromatic carbocycles. The average molecular weight is 327 g/mol. The van der Waals surface area contributed by atoms with Crippen molar-refractivity contribution in [1.82, 2.24) is 0 Å². The van der Waals surface area contributed by atoms with Crippen molar-refractivity contribution in [3.63, 3.8) is 0 Å². The molecule has 0 aliphatic carbocycles. The van der Waals surface area contributed by atoms with Crippen LogP contribution in [0.15, 0.2) is 42.5 Å². The minimum atomic E-state index is -0.573. The number of allylic oxidation sites excluding steroid dienone is 1. The fourth-order valence-corrected chi connectivity index (χ4v) is 2.20. The highest BCUT2D eigenvalue weighted by Gasteiger charge is 2.06. The van der Waals surface area contributed by atoms with E-state index in [-0.39, 0.29) is 6.61 Å². The highest BCUT2D eigenvalue weighted by Crippen LogP contribution is 2.27. The van der Waals surface area contributed by atoms with Gasteiger partial charge in [-0.05, 0) is 36.3 Å². The lowest BCUT2D eigenvalue weighted by atomic mass is 10.0. The van der Waals surface area contributed by atoms with Crippen molar-refractivity contribution in [2.45, 2.75) is 6.92 Å². The van der Waals surface area contributed by atoms with Crippen LogP contribution in [0.5, 0.6) is 5.75 Å². The number of aryl methyl sites for hydroxylation is 1. The highest BCUT2D eigenvalue weighted by molar-refractivity contribution is 6.32. The van der Waals surface area contributed by atoms with Crippen molar-refractivity contribution in [3.8, 4) is 11.8 Å². The van der Waals surface area contributed by atoms with Gasteiger partial charge in [-0.2, -0.15) is 5.26 Å². The van der Waals surface area contributed by atoms with Crippen molar-refractivity contribution in [3.05, 3.63) is 64.2 Å². The molecule has 0 atom stereocenters. The summed E-state index contributed by atoms with van der Waals surface area (Å²) in [6, 6.07) is 15.0. The first-order valence-electron chi connectivity index (χ1n) is 6.89. The van der Waals surface area contributed by atoms with Gasteiger partial charge >= 0.3 is 0 Å². The fourth-order valence-electron chi connectivity index (χ4n) is 1.95. The van der Waals surface area contributed by atoms with Crippen LogP contribution >= 0.6 is 11.6 Å².